The third kappa shape index (κ3) is 7.48. The zero-order valence-corrected chi connectivity index (χ0v) is 15.5. The maximum atomic E-state index is 4.71. The number of hydrogen-bond donors (Lipinski definition) is 2. The Morgan fingerprint density at radius 3 is 2.64 bits per heavy atom. The minimum atomic E-state index is 0.451. The summed E-state index contributed by atoms with van der Waals surface area (Å²) in [6.45, 7) is 15.6. The van der Waals surface area contributed by atoms with Gasteiger partial charge < -0.3 is 15.5 Å². The summed E-state index contributed by atoms with van der Waals surface area (Å²) in [5, 5.41) is 6.84. The second kappa shape index (κ2) is 10.9. The third-order valence-electron chi connectivity index (χ3n) is 4.77. The van der Waals surface area contributed by atoms with Crippen molar-refractivity contribution in [2.75, 3.05) is 26.2 Å². The summed E-state index contributed by atoms with van der Waals surface area (Å²) >= 11 is 0. The molecule has 0 aromatic rings. The minimum absolute atomic E-state index is 0.451. The molecule has 1 aliphatic rings. The van der Waals surface area contributed by atoms with Gasteiger partial charge in [0.05, 0.1) is 0 Å². The van der Waals surface area contributed by atoms with Crippen molar-refractivity contribution in [2.45, 2.75) is 78.8 Å². The van der Waals surface area contributed by atoms with E-state index in [0.717, 1.165) is 25.1 Å². The van der Waals surface area contributed by atoms with Crippen molar-refractivity contribution in [1.82, 2.24) is 15.5 Å². The third-order valence-corrected chi connectivity index (χ3v) is 4.77. The molecule has 0 bridgehead atoms. The number of unbranched alkanes of at least 4 members (excludes halogenated alkanes) is 1. The molecule has 2 N–H and O–H groups in total. The summed E-state index contributed by atoms with van der Waals surface area (Å²) in [7, 11) is 0. The summed E-state index contributed by atoms with van der Waals surface area (Å²) in [5.41, 5.74) is 0. The van der Waals surface area contributed by atoms with Crippen LogP contribution in [0, 0.1) is 5.92 Å². The van der Waals surface area contributed by atoms with Gasteiger partial charge in [0.25, 0.3) is 0 Å². The van der Waals surface area contributed by atoms with Crippen LogP contribution in [0.1, 0.15) is 66.7 Å². The molecule has 1 heterocycles. The van der Waals surface area contributed by atoms with E-state index in [1.54, 1.807) is 0 Å². The van der Waals surface area contributed by atoms with Crippen LogP contribution in [-0.4, -0.2) is 49.1 Å². The fourth-order valence-electron chi connectivity index (χ4n) is 2.81. The largest absolute Gasteiger partial charge is 0.357 e. The van der Waals surface area contributed by atoms with E-state index in [4.69, 9.17) is 4.99 Å². The summed E-state index contributed by atoms with van der Waals surface area (Å²) in [6.07, 6.45) is 6.60. The molecule has 1 aliphatic heterocycles. The zero-order chi connectivity index (χ0) is 16.4. The Hall–Kier alpha value is -0.770. The van der Waals surface area contributed by atoms with Gasteiger partial charge in [0.2, 0.25) is 0 Å². The molecule has 0 amide bonds. The van der Waals surface area contributed by atoms with Gasteiger partial charge in [-0.25, -0.2) is 0 Å². The first-order valence-corrected chi connectivity index (χ1v) is 9.33. The molecule has 130 valence electrons. The number of aliphatic imine (C=N–C) groups is 1. The molecule has 1 saturated heterocycles. The van der Waals surface area contributed by atoms with Gasteiger partial charge in [-0.05, 0) is 65.5 Å². The molecule has 0 aromatic heterocycles. The summed E-state index contributed by atoms with van der Waals surface area (Å²) in [6, 6.07) is 1.23. The lowest BCUT2D eigenvalue weighted by atomic mass is 10.0. The molecule has 2 unspecified atom stereocenters. The maximum Gasteiger partial charge on any atom is 0.191 e. The SMILES string of the molecule is CCNC(=NCCCCN1CCCCC1C)NC(C)C(C)C. The van der Waals surface area contributed by atoms with Crippen molar-refractivity contribution in [3.63, 3.8) is 0 Å². The molecule has 0 aromatic carbocycles. The highest BCUT2D eigenvalue weighted by Gasteiger charge is 2.16. The molecule has 1 fully saturated rings. The lowest BCUT2D eigenvalue weighted by Crippen LogP contribution is -2.44. The number of nitrogens with zero attached hydrogens (tertiary/aromatic N) is 2. The Labute approximate surface area is 138 Å². The highest BCUT2D eigenvalue weighted by atomic mass is 15.2. The van der Waals surface area contributed by atoms with Gasteiger partial charge >= 0.3 is 0 Å². The van der Waals surface area contributed by atoms with Gasteiger partial charge in [-0.1, -0.05) is 20.3 Å². The predicted octanol–water partition coefficient (Wildman–Crippen LogP) is 3.24. The topological polar surface area (TPSA) is 39.7 Å². The van der Waals surface area contributed by atoms with Gasteiger partial charge in [-0.15, -0.1) is 0 Å². The molecule has 4 heteroatoms. The van der Waals surface area contributed by atoms with E-state index in [2.05, 4.69) is 50.2 Å². The molecule has 0 radical (unpaired) electrons. The normalized spacial score (nSPS) is 21.9. The fourth-order valence-corrected chi connectivity index (χ4v) is 2.81. The Morgan fingerprint density at radius 2 is 2.00 bits per heavy atom. The first kappa shape index (κ1) is 19.3. The van der Waals surface area contributed by atoms with Crippen LogP contribution in [0.5, 0.6) is 0 Å². The van der Waals surface area contributed by atoms with E-state index in [-0.39, 0.29) is 0 Å². The van der Waals surface area contributed by atoms with Gasteiger partial charge in [-0.3, -0.25) is 4.99 Å². The van der Waals surface area contributed by atoms with E-state index < -0.39 is 0 Å². The lowest BCUT2D eigenvalue weighted by molar-refractivity contribution is 0.158. The number of piperidine rings is 1. The number of nitrogens with one attached hydrogen (secondary N) is 2. The average molecular weight is 311 g/mol. The van der Waals surface area contributed by atoms with E-state index in [1.165, 1.54) is 45.2 Å². The maximum absolute atomic E-state index is 4.71. The van der Waals surface area contributed by atoms with E-state index in [9.17, 15) is 0 Å². The van der Waals surface area contributed by atoms with Crippen LogP contribution in [0.3, 0.4) is 0 Å². The second-order valence-electron chi connectivity index (χ2n) is 7.03. The second-order valence-corrected chi connectivity index (χ2v) is 7.03. The van der Waals surface area contributed by atoms with Crippen LogP contribution in [-0.2, 0) is 0 Å². The van der Waals surface area contributed by atoms with Crippen LogP contribution < -0.4 is 10.6 Å². The Morgan fingerprint density at radius 1 is 1.23 bits per heavy atom. The zero-order valence-electron chi connectivity index (χ0n) is 15.5. The first-order valence-electron chi connectivity index (χ1n) is 9.33. The Balaban J connectivity index is 2.25. The Kier molecular flexibility index (Phi) is 9.53. The molecule has 0 spiro atoms. The minimum Gasteiger partial charge on any atom is -0.357 e. The van der Waals surface area contributed by atoms with Crippen molar-refractivity contribution in [3.05, 3.63) is 0 Å². The summed E-state index contributed by atoms with van der Waals surface area (Å²) < 4.78 is 0. The van der Waals surface area contributed by atoms with Crippen LogP contribution in [0.2, 0.25) is 0 Å². The van der Waals surface area contributed by atoms with Crippen molar-refractivity contribution in [2.24, 2.45) is 10.9 Å². The molecule has 2 atom stereocenters. The van der Waals surface area contributed by atoms with Crippen molar-refractivity contribution >= 4 is 5.96 Å². The molecule has 4 nitrogen and oxygen atoms in total. The highest BCUT2D eigenvalue weighted by molar-refractivity contribution is 5.80. The number of rotatable bonds is 8. The lowest BCUT2D eigenvalue weighted by Gasteiger charge is -2.33. The predicted molar refractivity (Wildman–Crippen MR) is 97.5 cm³/mol. The number of hydrogen-bond acceptors (Lipinski definition) is 2. The van der Waals surface area contributed by atoms with E-state index in [1.807, 2.05) is 0 Å². The molecular weight excluding hydrogens is 272 g/mol. The van der Waals surface area contributed by atoms with E-state index >= 15 is 0 Å². The Bertz CT molecular complexity index is 314. The van der Waals surface area contributed by atoms with Crippen LogP contribution >= 0.6 is 0 Å². The van der Waals surface area contributed by atoms with Gasteiger partial charge in [-0.2, -0.15) is 0 Å². The van der Waals surface area contributed by atoms with Gasteiger partial charge in [0, 0.05) is 25.2 Å². The standard InChI is InChI=1S/C18H38N4/c1-6-19-18(21-17(5)15(2)3)20-12-8-10-14-22-13-9-7-11-16(22)4/h15-17H,6-14H2,1-5H3,(H2,19,20,21). The van der Waals surface area contributed by atoms with Crippen molar-refractivity contribution in [1.29, 1.82) is 0 Å². The summed E-state index contributed by atoms with van der Waals surface area (Å²) in [4.78, 5) is 7.36. The average Bonchev–Trinajstić information content (AvgIpc) is 2.48. The van der Waals surface area contributed by atoms with Crippen LogP contribution in [0.25, 0.3) is 0 Å². The smallest absolute Gasteiger partial charge is 0.191 e. The number of guanidine groups is 1. The van der Waals surface area contributed by atoms with E-state index in [0.29, 0.717) is 12.0 Å². The molecule has 0 aliphatic carbocycles. The first-order chi connectivity index (χ1) is 10.5. The van der Waals surface area contributed by atoms with Crippen molar-refractivity contribution in [3.8, 4) is 0 Å². The summed E-state index contributed by atoms with van der Waals surface area (Å²) in [5.74, 6) is 1.58. The van der Waals surface area contributed by atoms with Crippen LogP contribution in [0.15, 0.2) is 4.99 Å². The molecular formula is C18H38N4. The quantitative estimate of drug-likeness (QED) is 0.411. The fraction of sp³-hybridized carbons (Fsp3) is 0.944. The monoisotopic (exact) mass is 310 g/mol. The molecule has 1 rings (SSSR count). The molecule has 22 heavy (non-hydrogen) atoms. The van der Waals surface area contributed by atoms with Gasteiger partial charge in [0.15, 0.2) is 5.96 Å². The van der Waals surface area contributed by atoms with Gasteiger partial charge in [0.1, 0.15) is 0 Å². The molecule has 0 saturated carbocycles. The van der Waals surface area contributed by atoms with Crippen molar-refractivity contribution < 1.29 is 0 Å². The van der Waals surface area contributed by atoms with Crippen LogP contribution in [0.4, 0.5) is 0 Å². The number of likely N-dealkylation sites (tertiary alicyclic amines) is 1. The highest BCUT2D eigenvalue weighted by Crippen LogP contribution is 2.16.